The fourth-order valence-electron chi connectivity index (χ4n) is 1.49. The van der Waals surface area contributed by atoms with E-state index in [-0.39, 0.29) is 0 Å². The number of alkyl halides is 3. The largest absolute Gasteiger partial charge is 0.416 e. The summed E-state index contributed by atoms with van der Waals surface area (Å²) in [6.07, 6.45) is -0.173. The molecule has 1 aromatic carbocycles. The summed E-state index contributed by atoms with van der Waals surface area (Å²) >= 11 is 0. The van der Waals surface area contributed by atoms with Gasteiger partial charge in [-0.3, -0.25) is 9.78 Å². The lowest BCUT2D eigenvalue weighted by molar-refractivity contribution is -0.137. The lowest BCUT2D eigenvalue weighted by Crippen LogP contribution is -2.17. The molecule has 2 aromatic rings. The average molecular weight is 293 g/mol. The zero-order valence-corrected chi connectivity index (χ0v) is 10.6. The van der Waals surface area contributed by atoms with E-state index in [2.05, 4.69) is 15.5 Å². The fraction of sp³-hybridized carbons (Fsp3) is 0.0714. The van der Waals surface area contributed by atoms with Gasteiger partial charge in [0.1, 0.15) is 0 Å². The van der Waals surface area contributed by atoms with Crippen molar-refractivity contribution in [2.45, 2.75) is 6.18 Å². The van der Waals surface area contributed by atoms with E-state index in [0.717, 1.165) is 12.1 Å². The molecule has 1 aromatic heterocycles. The molecule has 21 heavy (non-hydrogen) atoms. The minimum Gasteiger partial charge on any atom is -0.267 e. The molecule has 1 heterocycles. The van der Waals surface area contributed by atoms with Gasteiger partial charge < -0.3 is 0 Å². The molecule has 0 fully saturated rings. The Morgan fingerprint density at radius 1 is 1.10 bits per heavy atom. The number of amides is 1. The maximum Gasteiger partial charge on any atom is 0.416 e. The van der Waals surface area contributed by atoms with Crippen LogP contribution in [0.5, 0.6) is 0 Å². The van der Waals surface area contributed by atoms with Crippen molar-refractivity contribution in [1.29, 1.82) is 0 Å². The van der Waals surface area contributed by atoms with Crippen molar-refractivity contribution in [3.05, 3.63) is 65.5 Å². The van der Waals surface area contributed by atoms with Crippen molar-refractivity contribution < 1.29 is 18.0 Å². The van der Waals surface area contributed by atoms with E-state index < -0.39 is 17.6 Å². The van der Waals surface area contributed by atoms with Crippen molar-refractivity contribution in [2.24, 2.45) is 5.10 Å². The molecule has 7 heteroatoms. The van der Waals surface area contributed by atoms with Crippen LogP contribution in [0.1, 0.15) is 21.5 Å². The van der Waals surface area contributed by atoms with Crippen LogP contribution in [0, 0.1) is 0 Å². The first-order valence-electron chi connectivity index (χ1n) is 5.87. The SMILES string of the molecule is O=C(N/N=C\c1ccc(C(F)(F)F)cc1)c1ccncc1. The third-order valence-corrected chi connectivity index (χ3v) is 2.56. The van der Waals surface area contributed by atoms with Crippen LogP contribution in [0.2, 0.25) is 0 Å². The second-order valence-corrected chi connectivity index (χ2v) is 4.05. The van der Waals surface area contributed by atoms with Crippen LogP contribution in [0.3, 0.4) is 0 Å². The van der Waals surface area contributed by atoms with Gasteiger partial charge in [0.15, 0.2) is 0 Å². The molecule has 0 radical (unpaired) electrons. The van der Waals surface area contributed by atoms with E-state index in [0.29, 0.717) is 11.1 Å². The van der Waals surface area contributed by atoms with Crippen molar-refractivity contribution in [3.8, 4) is 0 Å². The summed E-state index contributed by atoms with van der Waals surface area (Å²) in [6, 6.07) is 7.47. The topological polar surface area (TPSA) is 54.4 Å². The molecule has 0 aliphatic rings. The molecule has 0 unspecified atom stereocenters. The van der Waals surface area contributed by atoms with Gasteiger partial charge in [0, 0.05) is 18.0 Å². The Bertz CT molecular complexity index is 637. The van der Waals surface area contributed by atoms with Crippen LogP contribution in [0.4, 0.5) is 13.2 Å². The highest BCUT2D eigenvalue weighted by Gasteiger charge is 2.29. The van der Waals surface area contributed by atoms with E-state index in [1.807, 2.05) is 0 Å². The van der Waals surface area contributed by atoms with E-state index >= 15 is 0 Å². The predicted molar refractivity (Wildman–Crippen MR) is 70.7 cm³/mol. The second kappa shape index (κ2) is 6.17. The zero-order chi connectivity index (χ0) is 15.3. The van der Waals surface area contributed by atoms with Crippen LogP contribution in [0.15, 0.2) is 53.9 Å². The predicted octanol–water partition coefficient (Wildman–Crippen LogP) is 2.86. The van der Waals surface area contributed by atoms with Gasteiger partial charge in [0.2, 0.25) is 0 Å². The summed E-state index contributed by atoms with van der Waals surface area (Å²) in [5.41, 5.74) is 2.36. The van der Waals surface area contributed by atoms with Gasteiger partial charge in [-0.2, -0.15) is 18.3 Å². The molecule has 0 saturated carbocycles. The highest BCUT2D eigenvalue weighted by molar-refractivity contribution is 5.94. The standard InChI is InChI=1S/C14H10F3N3O/c15-14(16,17)12-3-1-10(2-4-12)9-19-20-13(21)11-5-7-18-8-6-11/h1-9H,(H,20,21)/b19-9-. The first-order valence-corrected chi connectivity index (χ1v) is 5.87. The molecule has 0 saturated heterocycles. The number of halogens is 3. The number of nitrogens with zero attached hydrogens (tertiary/aromatic N) is 2. The van der Waals surface area contributed by atoms with Crippen molar-refractivity contribution >= 4 is 12.1 Å². The highest BCUT2D eigenvalue weighted by atomic mass is 19.4. The Labute approximate surface area is 118 Å². The zero-order valence-electron chi connectivity index (χ0n) is 10.6. The summed E-state index contributed by atoms with van der Waals surface area (Å²) in [7, 11) is 0. The summed E-state index contributed by atoms with van der Waals surface area (Å²) in [5, 5.41) is 3.68. The maximum atomic E-state index is 12.4. The van der Waals surface area contributed by atoms with E-state index in [4.69, 9.17) is 0 Å². The normalized spacial score (nSPS) is 11.6. The molecular weight excluding hydrogens is 283 g/mol. The quantitative estimate of drug-likeness (QED) is 0.699. The number of carbonyl (C=O) groups is 1. The number of hydrogen-bond donors (Lipinski definition) is 1. The van der Waals surface area contributed by atoms with Gasteiger partial charge in [-0.05, 0) is 29.8 Å². The number of hydrazone groups is 1. The molecule has 4 nitrogen and oxygen atoms in total. The van der Waals surface area contributed by atoms with Crippen LogP contribution in [0.25, 0.3) is 0 Å². The smallest absolute Gasteiger partial charge is 0.267 e. The van der Waals surface area contributed by atoms with Crippen molar-refractivity contribution in [3.63, 3.8) is 0 Å². The molecular formula is C14H10F3N3O. The maximum absolute atomic E-state index is 12.4. The third kappa shape index (κ3) is 4.13. The Kier molecular flexibility index (Phi) is 4.32. The fourth-order valence-corrected chi connectivity index (χ4v) is 1.49. The molecule has 0 atom stereocenters. The van der Waals surface area contributed by atoms with Crippen LogP contribution >= 0.6 is 0 Å². The van der Waals surface area contributed by atoms with Gasteiger partial charge in [-0.15, -0.1) is 0 Å². The molecule has 108 valence electrons. The summed E-state index contributed by atoms with van der Waals surface area (Å²) in [4.78, 5) is 15.4. The number of hydrogen-bond acceptors (Lipinski definition) is 3. The number of pyridine rings is 1. The van der Waals surface area contributed by atoms with E-state index in [1.54, 1.807) is 0 Å². The molecule has 2 rings (SSSR count). The summed E-state index contributed by atoms with van der Waals surface area (Å²) in [6.45, 7) is 0. The average Bonchev–Trinajstić information content (AvgIpc) is 2.47. The first-order chi connectivity index (χ1) is 9.97. The number of rotatable bonds is 3. The number of carbonyl (C=O) groups excluding carboxylic acids is 1. The number of nitrogens with one attached hydrogen (secondary N) is 1. The minimum absolute atomic E-state index is 0.384. The number of benzene rings is 1. The van der Waals surface area contributed by atoms with Gasteiger partial charge >= 0.3 is 6.18 Å². The summed E-state index contributed by atoms with van der Waals surface area (Å²) < 4.78 is 37.1. The van der Waals surface area contributed by atoms with Crippen molar-refractivity contribution in [2.75, 3.05) is 0 Å². The Hall–Kier alpha value is -2.70. The Balaban J connectivity index is 1.97. The molecule has 0 bridgehead atoms. The highest BCUT2D eigenvalue weighted by Crippen LogP contribution is 2.28. The molecule has 0 aliphatic heterocycles. The third-order valence-electron chi connectivity index (χ3n) is 2.56. The van der Waals surface area contributed by atoms with Gasteiger partial charge in [-0.25, -0.2) is 5.43 Å². The molecule has 0 spiro atoms. The van der Waals surface area contributed by atoms with Gasteiger partial charge in [0.05, 0.1) is 11.8 Å². The lowest BCUT2D eigenvalue weighted by atomic mass is 10.1. The monoisotopic (exact) mass is 293 g/mol. The lowest BCUT2D eigenvalue weighted by Gasteiger charge is -2.05. The Morgan fingerprint density at radius 3 is 2.29 bits per heavy atom. The van der Waals surface area contributed by atoms with Crippen LogP contribution < -0.4 is 5.43 Å². The minimum atomic E-state index is -4.37. The van der Waals surface area contributed by atoms with E-state index in [9.17, 15) is 18.0 Å². The molecule has 0 aliphatic carbocycles. The van der Waals surface area contributed by atoms with Crippen LogP contribution in [-0.4, -0.2) is 17.1 Å². The molecule has 1 N–H and O–H groups in total. The van der Waals surface area contributed by atoms with Crippen LogP contribution in [-0.2, 0) is 6.18 Å². The van der Waals surface area contributed by atoms with Gasteiger partial charge in [0.25, 0.3) is 5.91 Å². The van der Waals surface area contributed by atoms with Gasteiger partial charge in [-0.1, -0.05) is 12.1 Å². The summed E-state index contributed by atoms with van der Waals surface area (Å²) in [5.74, 6) is -0.430. The second-order valence-electron chi connectivity index (χ2n) is 4.05. The van der Waals surface area contributed by atoms with Crippen molar-refractivity contribution in [1.82, 2.24) is 10.4 Å². The molecule has 1 amide bonds. The Morgan fingerprint density at radius 2 is 1.71 bits per heavy atom. The first kappa shape index (κ1) is 14.7. The number of aromatic nitrogens is 1. The van der Waals surface area contributed by atoms with E-state index in [1.165, 1.54) is 42.9 Å².